The molecule has 2 aliphatic heterocycles. The Balaban J connectivity index is 1.34. The highest BCUT2D eigenvalue weighted by atomic mass is 35.5. The van der Waals surface area contributed by atoms with E-state index in [0.717, 1.165) is 56.0 Å². The molecule has 5 rings (SSSR count). The van der Waals surface area contributed by atoms with Crippen molar-refractivity contribution in [3.63, 3.8) is 0 Å². The molecule has 10 heteroatoms. The summed E-state index contributed by atoms with van der Waals surface area (Å²) >= 11 is 12.6. The van der Waals surface area contributed by atoms with Crippen LogP contribution in [0.3, 0.4) is 0 Å². The van der Waals surface area contributed by atoms with E-state index in [-0.39, 0.29) is 17.7 Å². The van der Waals surface area contributed by atoms with Crippen LogP contribution in [0, 0.1) is 0 Å². The fraction of sp³-hybridized carbons (Fsp3) is 0.303. The zero-order chi connectivity index (χ0) is 30.5. The number of ether oxygens (including phenoxy) is 1. The molecule has 0 bridgehead atoms. The molecule has 0 atom stereocenters. The smallest absolute Gasteiger partial charge is 0.262 e. The maximum absolute atomic E-state index is 14.0. The Morgan fingerprint density at radius 2 is 1.67 bits per heavy atom. The van der Waals surface area contributed by atoms with Crippen LogP contribution >= 0.6 is 23.2 Å². The van der Waals surface area contributed by atoms with Crippen molar-refractivity contribution >= 4 is 57.9 Å². The van der Waals surface area contributed by atoms with Crippen LogP contribution in [0.25, 0.3) is 5.57 Å². The lowest BCUT2D eigenvalue weighted by atomic mass is 9.99. The number of amides is 3. The number of halogens is 2. The molecule has 1 saturated heterocycles. The van der Waals surface area contributed by atoms with E-state index in [4.69, 9.17) is 27.9 Å². The molecule has 0 spiro atoms. The number of nitrogens with one attached hydrogen (secondary N) is 1. The first-order valence-electron chi connectivity index (χ1n) is 14.3. The van der Waals surface area contributed by atoms with E-state index in [1.807, 2.05) is 17.0 Å². The number of hydrogen-bond donors (Lipinski definition) is 1. The number of fused-ring (bicyclic) bond motifs is 1. The molecule has 224 valence electrons. The van der Waals surface area contributed by atoms with Gasteiger partial charge in [0, 0.05) is 68.5 Å². The molecule has 0 radical (unpaired) electrons. The van der Waals surface area contributed by atoms with Crippen LogP contribution in [0.1, 0.15) is 46.0 Å². The third kappa shape index (κ3) is 7.04. The van der Waals surface area contributed by atoms with E-state index >= 15 is 0 Å². The van der Waals surface area contributed by atoms with Crippen LogP contribution in [0.4, 0.5) is 11.4 Å². The van der Waals surface area contributed by atoms with Crippen molar-refractivity contribution in [2.45, 2.75) is 19.8 Å². The number of carbonyl (C=O) groups is 3. The summed E-state index contributed by atoms with van der Waals surface area (Å²) in [4.78, 5) is 44.5. The van der Waals surface area contributed by atoms with Crippen molar-refractivity contribution in [3.05, 3.63) is 93.5 Å². The third-order valence-corrected chi connectivity index (χ3v) is 8.47. The average molecular weight is 622 g/mol. The van der Waals surface area contributed by atoms with Crippen LogP contribution in [0.2, 0.25) is 10.0 Å². The van der Waals surface area contributed by atoms with Crippen LogP contribution in [-0.4, -0.2) is 73.9 Å². The van der Waals surface area contributed by atoms with Crippen LogP contribution < -0.4 is 15.0 Å². The van der Waals surface area contributed by atoms with Crippen LogP contribution in [0.15, 0.2) is 66.7 Å². The Morgan fingerprint density at radius 3 is 2.40 bits per heavy atom. The molecule has 8 nitrogen and oxygen atoms in total. The summed E-state index contributed by atoms with van der Waals surface area (Å²) in [6.07, 6.45) is 3.68. The molecular formula is C33H34Cl2N4O4. The van der Waals surface area contributed by atoms with Gasteiger partial charge in [-0.2, -0.15) is 0 Å². The highest BCUT2D eigenvalue weighted by molar-refractivity contribution is 6.34. The summed E-state index contributed by atoms with van der Waals surface area (Å²) in [7, 11) is 1.50. The molecule has 3 amide bonds. The highest BCUT2D eigenvalue weighted by Gasteiger charge is 2.27. The fourth-order valence-corrected chi connectivity index (χ4v) is 5.94. The number of rotatable bonds is 7. The van der Waals surface area contributed by atoms with Crippen molar-refractivity contribution in [1.82, 2.24) is 9.80 Å². The maximum atomic E-state index is 14.0. The van der Waals surface area contributed by atoms with E-state index in [9.17, 15) is 14.4 Å². The van der Waals surface area contributed by atoms with Gasteiger partial charge in [0.1, 0.15) is 5.75 Å². The highest BCUT2D eigenvalue weighted by Crippen LogP contribution is 2.37. The summed E-state index contributed by atoms with van der Waals surface area (Å²) in [5, 5.41) is 3.78. The SMILES string of the molecule is COc1cc(NC(=O)c2ccccc2Cl)ccc1C(=O)N1CCC=C(CCN2CCN(C(C)=O)CC2)c2cc(Cl)ccc21. The van der Waals surface area contributed by atoms with Gasteiger partial charge in [-0.15, -0.1) is 0 Å². The third-order valence-electron chi connectivity index (χ3n) is 7.91. The van der Waals surface area contributed by atoms with Crippen molar-refractivity contribution < 1.29 is 19.1 Å². The number of nitrogens with zero attached hydrogens (tertiary/aromatic N) is 3. The first kappa shape index (κ1) is 30.6. The standard InChI is InChI=1S/C33H34Cl2N4O4/c1-22(40)38-18-16-37(17-19-38)15-13-23-6-5-14-39(30-12-9-24(34)20-28(23)30)33(42)27-11-10-25(21-31(27)43-2)36-32(41)26-7-3-4-8-29(26)35/h3-4,6-12,20-21H,5,13-19H2,1-2H3,(H,36,41). The minimum Gasteiger partial charge on any atom is -0.496 e. The summed E-state index contributed by atoms with van der Waals surface area (Å²) in [6, 6.07) is 17.4. The van der Waals surface area contributed by atoms with E-state index in [1.165, 1.54) is 7.11 Å². The lowest BCUT2D eigenvalue weighted by Gasteiger charge is -2.34. The lowest BCUT2D eigenvalue weighted by Crippen LogP contribution is -2.48. The van der Waals surface area contributed by atoms with Gasteiger partial charge in [-0.25, -0.2) is 0 Å². The quantitative estimate of drug-likeness (QED) is 0.338. The van der Waals surface area contributed by atoms with E-state index in [2.05, 4.69) is 16.3 Å². The molecule has 2 aliphatic rings. The normalized spacial score (nSPS) is 15.3. The zero-order valence-corrected chi connectivity index (χ0v) is 25.8. The molecule has 0 unspecified atom stereocenters. The molecule has 43 heavy (non-hydrogen) atoms. The molecule has 0 aromatic heterocycles. The predicted octanol–water partition coefficient (Wildman–Crippen LogP) is 6.24. The van der Waals surface area contributed by atoms with Gasteiger partial charge in [-0.1, -0.05) is 41.4 Å². The van der Waals surface area contributed by atoms with Gasteiger partial charge in [0.25, 0.3) is 11.8 Å². The van der Waals surface area contributed by atoms with Crippen molar-refractivity contribution in [2.75, 3.05) is 56.6 Å². The number of piperazine rings is 1. The second kappa shape index (κ2) is 13.6. The fourth-order valence-electron chi connectivity index (χ4n) is 5.55. The van der Waals surface area contributed by atoms with Gasteiger partial charge in [0.05, 0.1) is 28.9 Å². The van der Waals surface area contributed by atoms with Crippen molar-refractivity contribution in [1.29, 1.82) is 0 Å². The van der Waals surface area contributed by atoms with Crippen molar-refractivity contribution in [2.24, 2.45) is 0 Å². The molecule has 3 aromatic carbocycles. The van der Waals surface area contributed by atoms with Gasteiger partial charge in [0.2, 0.25) is 5.91 Å². The van der Waals surface area contributed by atoms with Crippen molar-refractivity contribution in [3.8, 4) is 5.75 Å². The van der Waals surface area contributed by atoms with Crippen LogP contribution in [0.5, 0.6) is 5.75 Å². The maximum Gasteiger partial charge on any atom is 0.262 e. The van der Waals surface area contributed by atoms with E-state index in [1.54, 1.807) is 60.4 Å². The number of carbonyl (C=O) groups excluding carboxylic acids is 3. The first-order chi connectivity index (χ1) is 20.7. The van der Waals surface area contributed by atoms with E-state index in [0.29, 0.717) is 45.6 Å². The number of anilines is 2. The second-order valence-corrected chi connectivity index (χ2v) is 11.4. The van der Waals surface area contributed by atoms with Gasteiger partial charge < -0.3 is 19.9 Å². The van der Waals surface area contributed by atoms with Crippen LogP contribution in [-0.2, 0) is 4.79 Å². The van der Waals surface area contributed by atoms with Gasteiger partial charge in [-0.05, 0) is 60.9 Å². The predicted molar refractivity (Wildman–Crippen MR) is 171 cm³/mol. The summed E-state index contributed by atoms with van der Waals surface area (Å²) in [5.41, 5.74) is 4.08. The number of hydrogen-bond acceptors (Lipinski definition) is 5. The van der Waals surface area contributed by atoms with E-state index < -0.39 is 0 Å². The zero-order valence-electron chi connectivity index (χ0n) is 24.2. The topological polar surface area (TPSA) is 82.2 Å². The Labute approximate surface area is 261 Å². The largest absolute Gasteiger partial charge is 0.496 e. The molecule has 0 aliphatic carbocycles. The molecule has 1 N–H and O–H groups in total. The number of methoxy groups -OCH3 is 1. The lowest BCUT2D eigenvalue weighted by molar-refractivity contribution is -0.130. The summed E-state index contributed by atoms with van der Waals surface area (Å²) in [5.74, 6) is -0.101. The first-order valence-corrected chi connectivity index (χ1v) is 15.0. The molecule has 2 heterocycles. The summed E-state index contributed by atoms with van der Waals surface area (Å²) in [6.45, 7) is 6.12. The minimum atomic E-state index is -0.357. The Hall–Kier alpha value is -3.85. The van der Waals surface area contributed by atoms with Gasteiger partial charge in [0.15, 0.2) is 0 Å². The second-order valence-electron chi connectivity index (χ2n) is 10.6. The average Bonchev–Trinajstić information content (AvgIpc) is 3.18. The Kier molecular flexibility index (Phi) is 9.70. The Bertz CT molecular complexity index is 1570. The molecular weight excluding hydrogens is 587 g/mol. The van der Waals surface area contributed by atoms with Gasteiger partial charge in [-0.3, -0.25) is 19.3 Å². The van der Waals surface area contributed by atoms with Gasteiger partial charge >= 0.3 is 0 Å². The molecule has 3 aromatic rings. The minimum absolute atomic E-state index is 0.118. The monoisotopic (exact) mass is 620 g/mol. The number of benzene rings is 3. The Morgan fingerprint density at radius 1 is 0.907 bits per heavy atom. The molecule has 1 fully saturated rings. The molecule has 0 saturated carbocycles. The summed E-state index contributed by atoms with van der Waals surface area (Å²) < 4.78 is 5.61.